The SMILES string of the molecule is CN(C)C(=O)c1nc2n(n1)CCN(c1nc(OC[C@@]34CCCN3C[C@H](F)C4)nc3c(F)c(-c4ccc(F)c5sc(N)c(C#N)c45)c(C(F)(F)F)cc13)C2. The summed E-state index contributed by atoms with van der Waals surface area (Å²) < 4.78 is 99.2. The average Bonchev–Trinajstić information content (AvgIpc) is 3.87. The van der Waals surface area contributed by atoms with Crippen LogP contribution in [0.3, 0.4) is 0 Å². The number of alkyl halides is 4. The minimum Gasteiger partial charge on any atom is -0.461 e. The number of carbonyl (C=O) groups is 1. The topological polar surface area (TPSA) is 142 Å². The Morgan fingerprint density at radius 3 is 2.72 bits per heavy atom. The van der Waals surface area contributed by atoms with Crippen molar-refractivity contribution in [2.75, 3.05) is 51.0 Å². The molecule has 3 aliphatic heterocycles. The largest absolute Gasteiger partial charge is 0.461 e. The molecule has 12 nitrogen and oxygen atoms in total. The minimum atomic E-state index is -5.15. The third-order valence-electron chi connectivity index (χ3n) is 10.2. The van der Waals surface area contributed by atoms with E-state index < -0.39 is 57.6 Å². The Bertz CT molecular complexity index is 2370. The summed E-state index contributed by atoms with van der Waals surface area (Å²) in [6, 6.07) is 4.07. The summed E-state index contributed by atoms with van der Waals surface area (Å²) in [6.07, 6.45) is -4.55. The first-order chi connectivity index (χ1) is 25.2. The first-order valence-electron chi connectivity index (χ1n) is 16.6. The second-order valence-electron chi connectivity index (χ2n) is 13.6. The van der Waals surface area contributed by atoms with Crippen LogP contribution in [-0.2, 0) is 19.3 Å². The monoisotopic (exact) mass is 756 g/mol. The van der Waals surface area contributed by atoms with E-state index in [1.54, 1.807) is 19.0 Å². The van der Waals surface area contributed by atoms with Gasteiger partial charge in [-0.2, -0.15) is 28.4 Å². The average molecular weight is 757 g/mol. The standard InChI is InChI=1S/C34H30F6N10O2S/c1-47(2)31(51)29-43-22-14-48(8-9-50(22)46-29)30-18-10-20(34(38,39)40)24(17-4-5-21(36)27-23(17)19(12-41)28(42)53-27)25(37)26(18)44-32(45-30)52-15-33-6-3-7-49(33)13-16(35)11-33/h4-5,10,16H,3,6-9,11,13-15,42H2,1-2H3/t16-,33+/m1/s1. The molecule has 0 unspecified atom stereocenters. The Morgan fingerprint density at radius 1 is 1.19 bits per heavy atom. The van der Waals surface area contributed by atoms with Crippen LogP contribution < -0.4 is 15.4 Å². The summed E-state index contributed by atoms with van der Waals surface area (Å²) in [6.45, 7) is 1.09. The molecule has 0 saturated carbocycles. The van der Waals surface area contributed by atoms with Crippen LogP contribution in [0.1, 0.15) is 46.8 Å². The van der Waals surface area contributed by atoms with Gasteiger partial charge in [0.25, 0.3) is 5.91 Å². The molecule has 276 valence electrons. The maximum absolute atomic E-state index is 17.2. The third kappa shape index (κ3) is 5.66. The molecule has 0 spiro atoms. The number of rotatable bonds is 6. The number of halogens is 6. The van der Waals surface area contributed by atoms with Crippen molar-refractivity contribution in [3.05, 3.63) is 52.6 Å². The van der Waals surface area contributed by atoms with Crippen LogP contribution in [0, 0.1) is 23.0 Å². The Kier molecular flexibility index (Phi) is 8.18. The normalized spacial score (nSPS) is 20.2. The van der Waals surface area contributed by atoms with E-state index >= 15 is 17.6 Å². The number of nitriles is 1. The second kappa shape index (κ2) is 12.4. The van der Waals surface area contributed by atoms with Gasteiger partial charge in [0, 0.05) is 49.9 Å². The predicted octanol–water partition coefficient (Wildman–Crippen LogP) is 5.53. The van der Waals surface area contributed by atoms with Crippen LogP contribution in [0.25, 0.3) is 32.1 Å². The predicted molar refractivity (Wildman–Crippen MR) is 182 cm³/mol. The summed E-state index contributed by atoms with van der Waals surface area (Å²) in [7, 11) is 3.08. The molecule has 3 aliphatic rings. The first-order valence-corrected chi connectivity index (χ1v) is 17.5. The van der Waals surface area contributed by atoms with Gasteiger partial charge in [0.2, 0.25) is 5.82 Å². The van der Waals surface area contributed by atoms with Gasteiger partial charge in [0.15, 0.2) is 5.82 Å². The van der Waals surface area contributed by atoms with Gasteiger partial charge in [-0.25, -0.2) is 22.8 Å². The van der Waals surface area contributed by atoms with Crippen molar-refractivity contribution < 1.29 is 35.9 Å². The van der Waals surface area contributed by atoms with Gasteiger partial charge in [0.05, 0.1) is 34.5 Å². The van der Waals surface area contributed by atoms with Crippen molar-refractivity contribution in [3.63, 3.8) is 0 Å². The lowest BCUT2D eigenvalue weighted by atomic mass is 9.92. The van der Waals surface area contributed by atoms with E-state index in [0.29, 0.717) is 30.1 Å². The fourth-order valence-corrected chi connectivity index (χ4v) is 8.70. The molecule has 6 heterocycles. The highest BCUT2D eigenvalue weighted by Crippen LogP contribution is 2.48. The van der Waals surface area contributed by atoms with E-state index in [-0.39, 0.29) is 82.9 Å². The Labute approximate surface area is 301 Å². The molecule has 0 bridgehead atoms. The summed E-state index contributed by atoms with van der Waals surface area (Å²) >= 11 is 0.667. The number of aromatic nitrogens is 5. The minimum absolute atomic E-state index is 0.0455. The molecule has 19 heteroatoms. The van der Waals surface area contributed by atoms with Crippen LogP contribution in [0.4, 0.5) is 37.2 Å². The Balaban J connectivity index is 1.32. The van der Waals surface area contributed by atoms with Crippen molar-refractivity contribution in [2.24, 2.45) is 0 Å². The molecule has 0 radical (unpaired) electrons. The van der Waals surface area contributed by atoms with Crippen LogP contribution in [-0.4, -0.2) is 92.5 Å². The molecule has 53 heavy (non-hydrogen) atoms. The number of carbonyl (C=O) groups excluding carboxylic acids is 1. The number of anilines is 2. The maximum atomic E-state index is 17.2. The molecule has 0 aliphatic carbocycles. The summed E-state index contributed by atoms with van der Waals surface area (Å²) in [4.78, 5) is 30.6. The smallest absolute Gasteiger partial charge is 0.417 e. The zero-order valence-electron chi connectivity index (χ0n) is 28.3. The van der Waals surface area contributed by atoms with Gasteiger partial charge >= 0.3 is 12.2 Å². The number of ether oxygens (including phenoxy) is 1. The molecule has 1 amide bonds. The number of hydrogen-bond acceptors (Lipinski definition) is 11. The van der Waals surface area contributed by atoms with E-state index in [4.69, 9.17) is 10.5 Å². The molecule has 2 saturated heterocycles. The van der Waals surface area contributed by atoms with Gasteiger partial charge in [-0.1, -0.05) is 6.07 Å². The fourth-order valence-electron chi connectivity index (χ4n) is 7.75. The molecular formula is C34H30F6N10O2S. The zero-order chi connectivity index (χ0) is 37.6. The lowest BCUT2D eigenvalue weighted by Gasteiger charge is -2.31. The van der Waals surface area contributed by atoms with Gasteiger partial charge < -0.3 is 20.3 Å². The van der Waals surface area contributed by atoms with E-state index in [9.17, 15) is 18.8 Å². The molecule has 8 rings (SSSR count). The number of hydrogen-bond donors (Lipinski definition) is 1. The van der Waals surface area contributed by atoms with E-state index in [1.165, 1.54) is 9.58 Å². The highest BCUT2D eigenvalue weighted by atomic mass is 32.1. The van der Waals surface area contributed by atoms with E-state index in [2.05, 4.69) is 20.1 Å². The molecular weight excluding hydrogens is 726 g/mol. The van der Waals surface area contributed by atoms with Crippen LogP contribution in [0.15, 0.2) is 18.2 Å². The molecule has 3 aromatic heterocycles. The molecule has 2 fully saturated rings. The molecule has 2 aromatic carbocycles. The summed E-state index contributed by atoms with van der Waals surface area (Å²) in [5.41, 5.74) is 1.73. The highest BCUT2D eigenvalue weighted by Gasteiger charge is 2.49. The van der Waals surface area contributed by atoms with Crippen molar-refractivity contribution >= 4 is 49.1 Å². The number of amides is 1. The highest BCUT2D eigenvalue weighted by molar-refractivity contribution is 7.23. The second-order valence-corrected chi connectivity index (χ2v) is 14.7. The molecule has 5 aromatic rings. The van der Waals surface area contributed by atoms with Crippen LogP contribution >= 0.6 is 11.3 Å². The molecule has 2 atom stereocenters. The van der Waals surface area contributed by atoms with E-state index in [1.807, 2.05) is 11.0 Å². The van der Waals surface area contributed by atoms with Crippen LogP contribution in [0.2, 0.25) is 0 Å². The maximum Gasteiger partial charge on any atom is 0.417 e. The van der Waals surface area contributed by atoms with Gasteiger partial charge in [0.1, 0.15) is 46.8 Å². The van der Waals surface area contributed by atoms with Gasteiger partial charge in [-0.05, 0) is 37.1 Å². The summed E-state index contributed by atoms with van der Waals surface area (Å²) in [5, 5.41) is 13.4. The van der Waals surface area contributed by atoms with Crippen molar-refractivity contribution in [2.45, 2.75) is 50.2 Å². The van der Waals surface area contributed by atoms with Gasteiger partial charge in [-0.3, -0.25) is 9.69 Å². The zero-order valence-corrected chi connectivity index (χ0v) is 29.1. The lowest BCUT2D eigenvalue weighted by Crippen LogP contribution is -2.43. The van der Waals surface area contributed by atoms with Crippen LogP contribution in [0.5, 0.6) is 6.01 Å². The number of benzene rings is 2. The molecule has 2 N–H and O–H groups in total. The quantitative estimate of drug-likeness (QED) is 0.220. The number of nitrogens with zero attached hydrogens (tertiary/aromatic N) is 9. The lowest BCUT2D eigenvalue weighted by molar-refractivity contribution is -0.137. The Morgan fingerprint density at radius 2 is 1.98 bits per heavy atom. The number of nitrogens with two attached hydrogens (primary N) is 1. The summed E-state index contributed by atoms with van der Waals surface area (Å²) in [5.74, 6) is -2.55. The van der Waals surface area contributed by atoms with Crippen molar-refractivity contribution in [3.8, 4) is 23.2 Å². The first kappa shape index (κ1) is 34.8. The van der Waals surface area contributed by atoms with E-state index in [0.717, 1.165) is 24.6 Å². The van der Waals surface area contributed by atoms with Crippen molar-refractivity contribution in [1.82, 2.24) is 34.5 Å². The number of nitrogen functional groups attached to an aromatic ring is 1. The fraction of sp³-hybridized carbons (Fsp3) is 0.412. The third-order valence-corrected chi connectivity index (χ3v) is 11.2. The Hall–Kier alpha value is -5.22. The number of thiophene rings is 1. The van der Waals surface area contributed by atoms with Crippen molar-refractivity contribution in [1.29, 1.82) is 5.26 Å². The number of fused-ring (bicyclic) bond motifs is 4. The van der Waals surface area contributed by atoms with Gasteiger partial charge in [-0.15, -0.1) is 16.4 Å².